The molecular formula is C17H18N2O4. The molecule has 0 fully saturated rings. The molecule has 1 amide bonds. The normalized spacial score (nSPS) is 10.0. The number of hydrogen-bond acceptors (Lipinski definition) is 5. The van der Waals surface area contributed by atoms with Crippen molar-refractivity contribution in [1.82, 2.24) is 9.88 Å². The van der Waals surface area contributed by atoms with Gasteiger partial charge in [0.05, 0.1) is 12.2 Å². The van der Waals surface area contributed by atoms with Gasteiger partial charge >= 0.3 is 5.97 Å². The van der Waals surface area contributed by atoms with E-state index in [1.54, 1.807) is 51.4 Å². The Labute approximate surface area is 134 Å². The van der Waals surface area contributed by atoms with Crippen LogP contribution in [0, 0.1) is 0 Å². The minimum absolute atomic E-state index is 0.122. The van der Waals surface area contributed by atoms with Crippen LogP contribution in [0.15, 0.2) is 42.6 Å². The summed E-state index contributed by atoms with van der Waals surface area (Å²) < 4.78 is 10.6. The van der Waals surface area contributed by atoms with Crippen molar-refractivity contribution < 1.29 is 19.1 Å². The lowest BCUT2D eigenvalue weighted by Crippen LogP contribution is -2.21. The Morgan fingerprint density at radius 2 is 1.91 bits per heavy atom. The maximum atomic E-state index is 12.0. The van der Waals surface area contributed by atoms with E-state index in [-0.39, 0.29) is 11.8 Å². The van der Waals surface area contributed by atoms with Crippen molar-refractivity contribution >= 4 is 11.9 Å². The highest BCUT2D eigenvalue weighted by atomic mass is 16.5. The molecule has 0 bridgehead atoms. The molecular weight excluding hydrogens is 296 g/mol. The van der Waals surface area contributed by atoms with Gasteiger partial charge in [0.2, 0.25) is 5.88 Å². The summed E-state index contributed by atoms with van der Waals surface area (Å²) in [5.41, 5.74) is 0.867. The molecule has 0 aliphatic carbocycles. The molecule has 0 atom stereocenters. The molecule has 120 valence electrons. The molecule has 1 heterocycles. The van der Waals surface area contributed by atoms with Crippen LogP contribution in [0.4, 0.5) is 0 Å². The predicted octanol–water partition coefficient (Wildman–Crippen LogP) is 2.75. The molecule has 0 spiro atoms. The number of hydrogen-bond donors (Lipinski definition) is 0. The highest BCUT2D eigenvalue weighted by Crippen LogP contribution is 2.22. The summed E-state index contributed by atoms with van der Waals surface area (Å²) in [6.07, 6.45) is 1.47. The number of benzene rings is 1. The van der Waals surface area contributed by atoms with Crippen molar-refractivity contribution in [3.8, 4) is 11.6 Å². The number of carbonyl (C=O) groups excluding carboxylic acids is 2. The van der Waals surface area contributed by atoms with Crippen molar-refractivity contribution in [1.29, 1.82) is 0 Å². The van der Waals surface area contributed by atoms with Gasteiger partial charge in [-0.3, -0.25) is 4.79 Å². The van der Waals surface area contributed by atoms with Crippen LogP contribution < -0.4 is 4.74 Å². The molecule has 0 aliphatic rings. The van der Waals surface area contributed by atoms with Crippen LogP contribution >= 0.6 is 0 Å². The topological polar surface area (TPSA) is 68.7 Å². The standard InChI is InChI=1S/C17H18N2O4/c1-4-22-17(21)13-8-9-18-15(11-13)23-14-7-5-6-12(10-14)16(20)19(2)3/h5-11H,4H2,1-3H3. The van der Waals surface area contributed by atoms with E-state index >= 15 is 0 Å². The van der Waals surface area contributed by atoms with E-state index in [2.05, 4.69) is 4.98 Å². The van der Waals surface area contributed by atoms with Crippen LogP contribution in [0.1, 0.15) is 27.6 Å². The Balaban J connectivity index is 2.19. The number of ether oxygens (including phenoxy) is 2. The van der Waals surface area contributed by atoms with Gasteiger partial charge < -0.3 is 14.4 Å². The number of rotatable bonds is 5. The maximum Gasteiger partial charge on any atom is 0.338 e. The number of aromatic nitrogens is 1. The van der Waals surface area contributed by atoms with E-state index in [1.807, 2.05) is 0 Å². The third-order valence-corrected chi connectivity index (χ3v) is 2.96. The molecule has 2 rings (SSSR count). The fourth-order valence-corrected chi connectivity index (χ4v) is 1.88. The summed E-state index contributed by atoms with van der Waals surface area (Å²) >= 11 is 0. The van der Waals surface area contributed by atoms with Crippen LogP contribution in [0.5, 0.6) is 11.6 Å². The number of pyridine rings is 1. The number of nitrogens with zero attached hydrogens (tertiary/aromatic N) is 2. The number of amides is 1. The van der Waals surface area contributed by atoms with Gasteiger partial charge in [-0.1, -0.05) is 6.07 Å². The first-order chi connectivity index (χ1) is 11.0. The van der Waals surface area contributed by atoms with Crippen molar-refractivity contribution in [2.75, 3.05) is 20.7 Å². The van der Waals surface area contributed by atoms with Gasteiger partial charge in [0.25, 0.3) is 5.91 Å². The molecule has 1 aromatic heterocycles. The molecule has 0 saturated heterocycles. The number of esters is 1. The molecule has 23 heavy (non-hydrogen) atoms. The largest absolute Gasteiger partial charge is 0.462 e. The second kappa shape index (κ2) is 7.40. The molecule has 1 aromatic carbocycles. The van der Waals surface area contributed by atoms with Gasteiger partial charge in [-0.05, 0) is 31.2 Å². The van der Waals surface area contributed by atoms with Crippen molar-refractivity contribution in [3.63, 3.8) is 0 Å². The van der Waals surface area contributed by atoms with Crippen molar-refractivity contribution in [2.45, 2.75) is 6.92 Å². The van der Waals surface area contributed by atoms with E-state index in [4.69, 9.17) is 9.47 Å². The predicted molar refractivity (Wildman–Crippen MR) is 84.7 cm³/mol. The molecule has 6 heteroatoms. The smallest absolute Gasteiger partial charge is 0.338 e. The SMILES string of the molecule is CCOC(=O)c1ccnc(Oc2cccc(C(=O)N(C)C)c2)c1. The molecule has 0 saturated carbocycles. The summed E-state index contributed by atoms with van der Waals surface area (Å²) in [7, 11) is 3.36. The van der Waals surface area contributed by atoms with Crippen LogP contribution in [0.3, 0.4) is 0 Å². The second-order valence-electron chi connectivity index (χ2n) is 4.93. The third kappa shape index (κ3) is 4.29. The highest BCUT2D eigenvalue weighted by Gasteiger charge is 2.11. The summed E-state index contributed by atoms with van der Waals surface area (Å²) in [4.78, 5) is 29.2. The first-order valence-electron chi connectivity index (χ1n) is 7.14. The van der Waals surface area contributed by atoms with Crippen LogP contribution in [-0.2, 0) is 4.74 Å². The zero-order valence-corrected chi connectivity index (χ0v) is 13.3. The molecule has 0 unspecified atom stereocenters. The molecule has 2 aromatic rings. The van der Waals surface area contributed by atoms with E-state index in [0.717, 1.165) is 0 Å². The molecule has 0 aliphatic heterocycles. The van der Waals surface area contributed by atoms with E-state index in [1.165, 1.54) is 17.2 Å². The van der Waals surface area contributed by atoms with Crippen LogP contribution in [-0.4, -0.2) is 42.5 Å². The van der Waals surface area contributed by atoms with Crippen LogP contribution in [0.25, 0.3) is 0 Å². The monoisotopic (exact) mass is 314 g/mol. The molecule has 0 radical (unpaired) electrons. The molecule has 0 N–H and O–H groups in total. The summed E-state index contributed by atoms with van der Waals surface area (Å²) in [5, 5.41) is 0. The number of carbonyl (C=O) groups is 2. The van der Waals surface area contributed by atoms with Gasteiger partial charge in [0.15, 0.2) is 0 Å². The van der Waals surface area contributed by atoms with Gasteiger partial charge in [-0.2, -0.15) is 0 Å². The molecule has 6 nitrogen and oxygen atoms in total. The Hall–Kier alpha value is -2.89. The minimum Gasteiger partial charge on any atom is -0.462 e. The third-order valence-electron chi connectivity index (χ3n) is 2.96. The summed E-state index contributed by atoms with van der Waals surface area (Å²) in [5.74, 6) is 0.163. The van der Waals surface area contributed by atoms with Gasteiger partial charge in [0, 0.05) is 31.9 Å². The lowest BCUT2D eigenvalue weighted by atomic mass is 10.2. The Bertz CT molecular complexity index is 713. The first-order valence-corrected chi connectivity index (χ1v) is 7.14. The fraction of sp³-hybridized carbons (Fsp3) is 0.235. The Morgan fingerprint density at radius 3 is 2.61 bits per heavy atom. The quantitative estimate of drug-likeness (QED) is 0.794. The second-order valence-corrected chi connectivity index (χ2v) is 4.93. The van der Waals surface area contributed by atoms with Gasteiger partial charge in [-0.25, -0.2) is 9.78 Å². The summed E-state index contributed by atoms with van der Waals surface area (Å²) in [6, 6.07) is 9.82. The Kier molecular flexibility index (Phi) is 5.30. The maximum absolute atomic E-state index is 12.0. The highest BCUT2D eigenvalue weighted by molar-refractivity contribution is 5.94. The average molecular weight is 314 g/mol. The van der Waals surface area contributed by atoms with Crippen molar-refractivity contribution in [3.05, 3.63) is 53.7 Å². The fourth-order valence-electron chi connectivity index (χ4n) is 1.88. The Morgan fingerprint density at radius 1 is 1.13 bits per heavy atom. The van der Waals surface area contributed by atoms with Gasteiger partial charge in [0.1, 0.15) is 5.75 Å². The average Bonchev–Trinajstić information content (AvgIpc) is 2.55. The van der Waals surface area contributed by atoms with Crippen molar-refractivity contribution in [2.24, 2.45) is 0 Å². The van der Waals surface area contributed by atoms with Crippen LogP contribution in [0.2, 0.25) is 0 Å². The lowest BCUT2D eigenvalue weighted by molar-refractivity contribution is 0.0525. The van der Waals surface area contributed by atoms with E-state index < -0.39 is 5.97 Å². The zero-order valence-electron chi connectivity index (χ0n) is 13.3. The summed E-state index contributed by atoms with van der Waals surface area (Å²) in [6.45, 7) is 2.04. The lowest BCUT2D eigenvalue weighted by Gasteiger charge is -2.11. The van der Waals surface area contributed by atoms with E-state index in [0.29, 0.717) is 23.5 Å². The minimum atomic E-state index is -0.434. The first kappa shape index (κ1) is 16.5. The zero-order chi connectivity index (χ0) is 16.8. The van der Waals surface area contributed by atoms with E-state index in [9.17, 15) is 9.59 Å². The van der Waals surface area contributed by atoms with Gasteiger partial charge in [-0.15, -0.1) is 0 Å².